The fourth-order valence-electron chi connectivity index (χ4n) is 1.47. The zero-order chi connectivity index (χ0) is 11.9. The SMILES string of the molecule is CCCOCC(C)(C)C(=O)N(CC)CC. The van der Waals surface area contributed by atoms with Crippen molar-refractivity contribution in [3.63, 3.8) is 0 Å². The molecule has 3 heteroatoms. The summed E-state index contributed by atoms with van der Waals surface area (Å²) in [6.45, 7) is 12.8. The fraction of sp³-hybridized carbons (Fsp3) is 0.917. The van der Waals surface area contributed by atoms with Gasteiger partial charge in [0.1, 0.15) is 0 Å². The van der Waals surface area contributed by atoms with E-state index in [0.717, 1.165) is 26.1 Å². The van der Waals surface area contributed by atoms with Crippen LogP contribution in [-0.2, 0) is 9.53 Å². The highest BCUT2D eigenvalue weighted by Gasteiger charge is 2.30. The monoisotopic (exact) mass is 215 g/mol. The molecule has 0 aromatic rings. The molecule has 90 valence electrons. The molecule has 0 aliphatic rings. The van der Waals surface area contributed by atoms with Gasteiger partial charge in [0.2, 0.25) is 5.91 Å². The molecule has 3 nitrogen and oxygen atoms in total. The number of nitrogens with zero attached hydrogens (tertiary/aromatic N) is 1. The Bertz CT molecular complexity index is 186. The number of hydrogen-bond donors (Lipinski definition) is 0. The molecule has 0 aromatic heterocycles. The van der Waals surface area contributed by atoms with E-state index in [4.69, 9.17) is 4.74 Å². The Morgan fingerprint density at radius 3 is 2.13 bits per heavy atom. The maximum Gasteiger partial charge on any atom is 0.230 e. The molecule has 0 heterocycles. The molecule has 0 rings (SSSR count). The maximum absolute atomic E-state index is 12.1. The van der Waals surface area contributed by atoms with Gasteiger partial charge >= 0.3 is 0 Å². The lowest BCUT2D eigenvalue weighted by Crippen LogP contribution is -2.43. The van der Waals surface area contributed by atoms with Crippen molar-refractivity contribution >= 4 is 5.91 Å². The molecule has 0 saturated heterocycles. The van der Waals surface area contributed by atoms with Gasteiger partial charge in [0, 0.05) is 19.7 Å². The number of ether oxygens (including phenoxy) is 1. The molecule has 0 bridgehead atoms. The normalized spacial score (nSPS) is 11.5. The first-order valence-corrected chi connectivity index (χ1v) is 5.86. The van der Waals surface area contributed by atoms with Gasteiger partial charge in [-0.25, -0.2) is 0 Å². The van der Waals surface area contributed by atoms with Crippen LogP contribution in [0.15, 0.2) is 0 Å². The zero-order valence-corrected chi connectivity index (χ0v) is 10.8. The molecule has 0 unspecified atom stereocenters. The summed E-state index contributed by atoms with van der Waals surface area (Å²) < 4.78 is 5.46. The Labute approximate surface area is 93.8 Å². The summed E-state index contributed by atoms with van der Waals surface area (Å²) in [4.78, 5) is 13.9. The van der Waals surface area contributed by atoms with Crippen LogP contribution < -0.4 is 0 Å². The van der Waals surface area contributed by atoms with Crippen molar-refractivity contribution in [1.82, 2.24) is 4.90 Å². The summed E-state index contributed by atoms with van der Waals surface area (Å²) in [5, 5.41) is 0. The largest absolute Gasteiger partial charge is 0.380 e. The number of rotatable bonds is 7. The molecule has 0 radical (unpaired) electrons. The van der Waals surface area contributed by atoms with Crippen molar-refractivity contribution in [2.24, 2.45) is 5.41 Å². The highest BCUT2D eigenvalue weighted by atomic mass is 16.5. The quantitative estimate of drug-likeness (QED) is 0.610. The van der Waals surface area contributed by atoms with Gasteiger partial charge in [0.25, 0.3) is 0 Å². The second-order valence-electron chi connectivity index (χ2n) is 4.41. The first-order chi connectivity index (χ1) is 6.99. The van der Waals surface area contributed by atoms with Gasteiger partial charge in [-0.05, 0) is 34.1 Å². The minimum atomic E-state index is -0.402. The van der Waals surface area contributed by atoms with Crippen LogP contribution in [0, 0.1) is 5.41 Å². The molecule has 15 heavy (non-hydrogen) atoms. The molecule has 0 saturated carbocycles. The summed E-state index contributed by atoms with van der Waals surface area (Å²) in [5.74, 6) is 0.184. The van der Waals surface area contributed by atoms with Crippen LogP contribution in [0.1, 0.15) is 41.0 Å². The maximum atomic E-state index is 12.1. The lowest BCUT2D eigenvalue weighted by molar-refractivity contribution is -0.143. The van der Waals surface area contributed by atoms with E-state index in [2.05, 4.69) is 6.92 Å². The third kappa shape index (κ3) is 4.65. The molecule has 0 aromatic carbocycles. The van der Waals surface area contributed by atoms with E-state index in [1.807, 2.05) is 32.6 Å². The van der Waals surface area contributed by atoms with Crippen LogP contribution in [0.4, 0.5) is 0 Å². The van der Waals surface area contributed by atoms with Crippen molar-refractivity contribution < 1.29 is 9.53 Å². The van der Waals surface area contributed by atoms with E-state index in [0.29, 0.717) is 6.61 Å². The van der Waals surface area contributed by atoms with Crippen LogP contribution in [0.2, 0.25) is 0 Å². The third-order valence-corrected chi connectivity index (χ3v) is 2.44. The fourth-order valence-corrected chi connectivity index (χ4v) is 1.47. The molecule has 0 aliphatic carbocycles. The van der Waals surface area contributed by atoms with E-state index in [9.17, 15) is 4.79 Å². The van der Waals surface area contributed by atoms with Gasteiger partial charge in [-0.3, -0.25) is 4.79 Å². The number of carbonyl (C=O) groups is 1. The van der Waals surface area contributed by atoms with Gasteiger partial charge in [-0.15, -0.1) is 0 Å². The molecule has 0 fully saturated rings. The second kappa shape index (κ2) is 6.83. The van der Waals surface area contributed by atoms with Crippen molar-refractivity contribution in [2.75, 3.05) is 26.3 Å². The predicted octanol–water partition coefficient (Wildman–Crippen LogP) is 2.31. The molecule has 0 atom stereocenters. The smallest absolute Gasteiger partial charge is 0.230 e. The van der Waals surface area contributed by atoms with Gasteiger partial charge in [-0.2, -0.15) is 0 Å². The van der Waals surface area contributed by atoms with Gasteiger partial charge in [0.05, 0.1) is 12.0 Å². The Balaban J connectivity index is 4.23. The molecule has 1 amide bonds. The van der Waals surface area contributed by atoms with Crippen LogP contribution in [0.5, 0.6) is 0 Å². The third-order valence-electron chi connectivity index (χ3n) is 2.44. The van der Waals surface area contributed by atoms with E-state index < -0.39 is 5.41 Å². The van der Waals surface area contributed by atoms with E-state index >= 15 is 0 Å². The molecule has 0 aliphatic heterocycles. The molecule has 0 N–H and O–H groups in total. The first kappa shape index (κ1) is 14.4. The van der Waals surface area contributed by atoms with Crippen molar-refractivity contribution in [3.05, 3.63) is 0 Å². The Morgan fingerprint density at radius 2 is 1.73 bits per heavy atom. The Hall–Kier alpha value is -0.570. The van der Waals surface area contributed by atoms with Crippen LogP contribution >= 0.6 is 0 Å². The summed E-state index contributed by atoms with van der Waals surface area (Å²) in [5.41, 5.74) is -0.402. The summed E-state index contributed by atoms with van der Waals surface area (Å²) >= 11 is 0. The standard InChI is InChI=1S/C12H25NO2/c1-6-9-15-10-12(4,5)11(14)13(7-2)8-3/h6-10H2,1-5H3. The predicted molar refractivity (Wildman–Crippen MR) is 62.8 cm³/mol. The highest BCUT2D eigenvalue weighted by Crippen LogP contribution is 2.19. The molecular weight excluding hydrogens is 190 g/mol. The average Bonchev–Trinajstić information content (AvgIpc) is 2.19. The van der Waals surface area contributed by atoms with Crippen molar-refractivity contribution in [3.8, 4) is 0 Å². The number of amides is 1. The van der Waals surface area contributed by atoms with Gasteiger partial charge < -0.3 is 9.64 Å². The average molecular weight is 215 g/mol. The Morgan fingerprint density at radius 1 is 1.20 bits per heavy atom. The topological polar surface area (TPSA) is 29.5 Å². The van der Waals surface area contributed by atoms with Crippen LogP contribution in [-0.4, -0.2) is 37.1 Å². The first-order valence-electron chi connectivity index (χ1n) is 5.86. The zero-order valence-electron chi connectivity index (χ0n) is 10.8. The molecular formula is C12H25NO2. The van der Waals surface area contributed by atoms with Crippen LogP contribution in [0.25, 0.3) is 0 Å². The van der Waals surface area contributed by atoms with E-state index in [1.54, 1.807) is 0 Å². The van der Waals surface area contributed by atoms with Crippen LogP contribution in [0.3, 0.4) is 0 Å². The molecule has 0 spiro atoms. The summed E-state index contributed by atoms with van der Waals surface area (Å²) in [6, 6.07) is 0. The van der Waals surface area contributed by atoms with Gasteiger partial charge in [-0.1, -0.05) is 6.92 Å². The van der Waals surface area contributed by atoms with E-state index in [1.165, 1.54) is 0 Å². The van der Waals surface area contributed by atoms with E-state index in [-0.39, 0.29) is 5.91 Å². The van der Waals surface area contributed by atoms with Gasteiger partial charge in [0.15, 0.2) is 0 Å². The van der Waals surface area contributed by atoms with Crippen molar-refractivity contribution in [1.29, 1.82) is 0 Å². The number of hydrogen-bond acceptors (Lipinski definition) is 2. The minimum Gasteiger partial charge on any atom is -0.380 e. The second-order valence-corrected chi connectivity index (χ2v) is 4.41. The highest BCUT2D eigenvalue weighted by molar-refractivity contribution is 5.82. The summed E-state index contributed by atoms with van der Waals surface area (Å²) in [7, 11) is 0. The van der Waals surface area contributed by atoms with Crippen molar-refractivity contribution in [2.45, 2.75) is 41.0 Å². The Kier molecular flexibility index (Phi) is 6.57. The lowest BCUT2D eigenvalue weighted by Gasteiger charge is -2.30. The minimum absolute atomic E-state index is 0.184. The lowest BCUT2D eigenvalue weighted by atomic mass is 9.92. The summed E-state index contributed by atoms with van der Waals surface area (Å²) in [6.07, 6.45) is 0.996. The number of carbonyl (C=O) groups excluding carboxylic acids is 1.